The molecular formula is C33H68Cl2OSi. The fourth-order valence-corrected chi connectivity index (χ4v) is 7.17. The van der Waals surface area contributed by atoms with E-state index in [1.54, 1.807) is 0 Å². The van der Waals surface area contributed by atoms with Crippen molar-refractivity contribution >= 4 is 28.9 Å². The van der Waals surface area contributed by atoms with Crippen molar-refractivity contribution in [2.45, 2.75) is 205 Å². The second-order valence-electron chi connectivity index (χ2n) is 12.2. The lowest BCUT2D eigenvalue weighted by molar-refractivity contribution is 0.282. The van der Waals surface area contributed by atoms with Gasteiger partial charge < -0.3 is 5.11 Å². The molecule has 0 atom stereocenters. The third-order valence-electron chi connectivity index (χ3n) is 8.02. The van der Waals surface area contributed by atoms with Gasteiger partial charge in [0, 0.05) is 6.61 Å². The first-order chi connectivity index (χ1) is 18.1. The molecule has 0 aromatic carbocycles. The van der Waals surface area contributed by atoms with Crippen LogP contribution in [0.2, 0.25) is 12.6 Å². The highest BCUT2D eigenvalue weighted by Crippen LogP contribution is 2.23. The molecule has 1 N–H and O–H groups in total. The van der Waals surface area contributed by atoms with Crippen molar-refractivity contribution in [3.63, 3.8) is 0 Å². The summed E-state index contributed by atoms with van der Waals surface area (Å²) in [5.74, 6) is 0. The monoisotopic (exact) mass is 578 g/mol. The Hall–Kier alpha value is 0.757. The first-order valence-electron chi connectivity index (χ1n) is 17.0. The summed E-state index contributed by atoms with van der Waals surface area (Å²) in [6.45, 7) is 0.567. The Balaban J connectivity index is 3.04. The van der Waals surface area contributed by atoms with Gasteiger partial charge in [0.2, 0.25) is 6.69 Å². The molecule has 0 fully saturated rings. The Morgan fingerprint density at radius 2 is 0.486 bits per heavy atom. The van der Waals surface area contributed by atoms with Gasteiger partial charge >= 0.3 is 0 Å². The predicted octanol–water partition coefficient (Wildman–Crippen LogP) is 13.2. The van der Waals surface area contributed by atoms with Crippen molar-refractivity contribution in [2.75, 3.05) is 6.61 Å². The molecule has 0 radical (unpaired) electrons. The van der Waals surface area contributed by atoms with Crippen LogP contribution in [0.5, 0.6) is 0 Å². The molecule has 37 heavy (non-hydrogen) atoms. The van der Waals surface area contributed by atoms with Gasteiger partial charge in [-0.05, 0) is 19.0 Å². The van der Waals surface area contributed by atoms with Crippen molar-refractivity contribution < 1.29 is 5.11 Å². The highest BCUT2D eigenvalue weighted by atomic mass is 35.7. The van der Waals surface area contributed by atoms with E-state index >= 15 is 0 Å². The summed E-state index contributed by atoms with van der Waals surface area (Å²) in [7, 11) is 0. The van der Waals surface area contributed by atoms with E-state index < -0.39 is 6.69 Å². The maximum atomic E-state index is 8.78. The SMILES string of the molecule is C[Si](Cl)(Cl)CCCCCCCCCCCCCCCCCCCCCCCCCCCCCCCCO. The molecule has 224 valence electrons. The highest BCUT2D eigenvalue weighted by molar-refractivity contribution is 7.44. The zero-order valence-electron chi connectivity index (χ0n) is 25.3. The lowest BCUT2D eigenvalue weighted by atomic mass is 10.0. The van der Waals surface area contributed by atoms with Gasteiger partial charge in [-0.3, -0.25) is 0 Å². The lowest BCUT2D eigenvalue weighted by Gasteiger charge is -2.09. The van der Waals surface area contributed by atoms with E-state index in [1.807, 2.05) is 6.55 Å². The standard InChI is InChI=1S/C33H68Cl2OSi/c1-37(34,35)33-31-29-27-25-23-21-19-17-15-13-11-9-7-5-3-2-4-6-8-10-12-14-16-18-20-22-24-26-28-30-32-36/h36H,2-33H2,1H3. The average Bonchev–Trinajstić information content (AvgIpc) is 2.86. The number of hydrogen-bond acceptors (Lipinski definition) is 1. The zero-order valence-corrected chi connectivity index (χ0v) is 27.8. The van der Waals surface area contributed by atoms with Crippen LogP contribution in [0.1, 0.15) is 193 Å². The van der Waals surface area contributed by atoms with Gasteiger partial charge in [-0.15, -0.1) is 22.2 Å². The van der Waals surface area contributed by atoms with Crippen molar-refractivity contribution in [3.8, 4) is 0 Å². The Morgan fingerprint density at radius 3 is 0.649 bits per heavy atom. The Labute approximate surface area is 245 Å². The van der Waals surface area contributed by atoms with Gasteiger partial charge in [0.15, 0.2) is 0 Å². The number of hydrogen-bond donors (Lipinski definition) is 1. The maximum absolute atomic E-state index is 8.78. The van der Waals surface area contributed by atoms with Crippen molar-refractivity contribution in [1.29, 1.82) is 0 Å². The second-order valence-corrected chi connectivity index (χ2v) is 20.4. The van der Waals surface area contributed by atoms with Crippen LogP contribution >= 0.6 is 22.2 Å². The van der Waals surface area contributed by atoms with E-state index in [1.165, 1.54) is 186 Å². The first kappa shape index (κ1) is 37.8. The summed E-state index contributed by atoms with van der Waals surface area (Å²) >= 11 is 12.3. The summed E-state index contributed by atoms with van der Waals surface area (Å²) in [6, 6.07) is 1.06. The molecule has 0 aliphatic heterocycles. The third-order valence-corrected chi connectivity index (χ3v) is 10.4. The number of aliphatic hydroxyl groups is 1. The van der Waals surface area contributed by atoms with Gasteiger partial charge in [0.1, 0.15) is 0 Å². The lowest BCUT2D eigenvalue weighted by Crippen LogP contribution is -2.11. The smallest absolute Gasteiger partial charge is 0.248 e. The molecule has 0 aromatic rings. The number of aliphatic hydroxyl groups excluding tert-OH is 1. The molecule has 0 spiro atoms. The number of halogens is 2. The topological polar surface area (TPSA) is 20.2 Å². The molecule has 0 heterocycles. The molecule has 4 heteroatoms. The molecule has 0 bridgehead atoms. The van der Waals surface area contributed by atoms with E-state index in [9.17, 15) is 0 Å². The highest BCUT2D eigenvalue weighted by Gasteiger charge is 2.19. The molecule has 0 amide bonds. The summed E-state index contributed by atoms with van der Waals surface area (Å²) in [5, 5.41) is 8.78. The van der Waals surface area contributed by atoms with Crippen LogP contribution in [0.25, 0.3) is 0 Å². The minimum atomic E-state index is -1.84. The first-order valence-corrected chi connectivity index (χ1v) is 21.8. The minimum absolute atomic E-state index is 0.371. The van der Waals surface area contributed by atoms with Gasteiger partial charge in [0.05, 0.1) is 0 Å². The van der Waals surface area contributed by atoms with E-state index in [0.717, 1.165) is 12.5 Å². The van der Waals surface area contributed by atoms with E-state index in [2.05, 4.69) is 0 Å². The Bertz CT molecular complexity index is 414. The van der Waals surface area contributed by atoms with Crippen LogP contribution < -0.4 is 0 Å². The second kappa shape index (κ2) is 31.3. The molecule has 1 nitrogen and oxygen atoms in total. The molecular weight excluding hydrogens is 511 g/mol. The quantitative estimate of drug-likeness (QED) is 0.0477. The molecule has 0 aromatic heterocycles. The molecule has 0 unspecified atom stereocenters. The summed E-state index contributed by atoms with van der Waals surface area (Å²) < 4.78 is 0. The summed E-state index contributed by atoms with van der Waals surface area (Å²) in [6.07, 6.45) is 42.2. The van der Waals surface area contributed by atoms with Crippen LogP contribution in [0.3, 0.4) is 0 Å². The van der Waals surface area contributed by atoms with Gasteiger partial charge in [-0.2, -0.15) is 0 Å². The average molecular weight is 580 g/mol. The largest absolute Gasteiger partial charge is 0.396 e. The fourth-order valence-electron chi connectivity index (χ4n) is 5.50. The fraction of sp³-hybridized carbons (Fsp3) is 1.00. The summed E-state index contributed by atoms with van der Waals surface area (Å²) in [4.78, 5) is 0. The van der Waals surface area contributed by atoms with Crippen LogP contribution in [0, 0.1) is 0 Å². The minimum Gasteiger partial charge on any atom is -0.396 e. The maximum Gasteiger partial charge on any atom is 0.248 e. The van der Waals surface area contributed by atoms with Crippen LogP contribution in [0.4, 0.5) is 0 Å². The van der Waals surface area contributed by atoms with Crippen LogP contribution in [0.15, 0.2) is 0 Å². The normalized spacial score (nSPS) is 12.0. The molecule has 0 aliphatic rings. The number of rotatable bonds is 32. The van der Waals surface area contributed by atoms with Crippen molar-refractivity contribution in [1.82, 2.24) is 0 Å². The van der Waals surface area contributed by atoms with Crippen molar-refractivity contribution in [3.05, 3.63) is 0 Å². The van der Waals surface area contributed by atoms with Gasteiger partial charge in [0.25, 0.3) is 0 Å². The van der Waals surface area contributed by atoms with Crippen LogP contribution in [-0.2, 0) is 0 Å². The van der Waals surface area contributed by atoms with Crippen molar-refractivity contribution in [2.24, 2.45) is 0 Å². The van der Waals surface area contributed by atoms with E-state index in [4.69, 9.17) is 27.3 Å². The predicted molar refractivity (Wildman–Crippen MR) is 174 cm³/mol. The molecule has 0 rings (SSSR count). The molecule has 0 saturated carbocycles. The zero-order chi connectivity index (χ0) is 27.1. The molecule has 0 saturated heterocycles. The third kappa shape index (κ3) is 36.8. The Morgan fingerprint density at radius 1 is 0.324 bits per heavy atom. The van der Waals surface area contributed by atoms with Gasteiger partial charge in [-0.1, -0.05) is 186 Å². The summed E-state index contributed by atoms with van der Waals surface area (Å²) in [5.41, 5.74) is 0. The van der Waals surface area contributed by atoms with E-state index in [0.29, 0.717) is 6.61 Å². The molecule has 0 aliphatic carbocycles. The number of unbranched alkanes of at least 4 members (excludes halogenated alkanes) is 29. The van der Waals surface area contributed by atoms with Gasteiger partial charge in [-0.25, -0.2) is 0 Å². The van der Waals surface area contributed by atoms with E-state index in [-0.39, 0.29) is 0 Å². The van der Waals surface area contributed by atoms with Crippen LogP contribution in [-0.4, -0.2) is 18.4 Å². The Kier molecular flexibility index (Phi) is 31.9.